The topological polar surface area (TPSA) is 69.5 Å². The average Bonchev–Trinajstić information content (AvgIpc) is 2.93. The summed E-state index contributed by atoms with van der Waals surface area (Å²) in [6.07, 6.45) is 0. The van der Waals surface area contributed by atoms with Crippen LogP contribution in [0.4, 0.5) is 0 Å². The lowest BCUT2D eigenvalue weighted by atomic mass is 9.95. The largest absolute Gasteiger partial charge is 0.325 e. The normalized spacial score (nSPS) is 10.4. The summed E-state index contributed by atoms with van der Waals surface area (Å²) in [7, 11) is 0. The van der Waals surface area contributed by atoms with E-state index in [1.807, 2.05) is 56.3 Å². The maximum absolute atomic E-state index is 12.0. The molecule has 0 aliphatic carbocycles. The van der Waals surface area contributed by atoms with Crippen molar-refractivity contribution in [1.29, 1.82) is 5.26 Å². The van der Waals surface area contributed by atoms with Crippen molar-refractivity contribution in [2.24, 2.45) is 0 Å². The predicted molar refractivity (Wildman–Crippen MR) is 87.8 cm³/mol. The summed E-state index contributed by atoms with van der Waals surface area (Å²) in [5.74, 6) is 0. The van der Waals surface area contributed by atoms with Gasteiger partial charge in [0.25, 0.3) is 5.56 Å². The quantitative estimate of drug-likeness (QED) is 0.785. The Morgan fingerprint density at radius 3 is 2.50 bits per heavy atom. The highest BCUT2D eigenvalue weighted by Crippen LogP contribution is 2.35. The fourth-order valence-corrected chi connectivity index (χ4v) is 3.23. The van der Waals surface area contributed by atoms with Crippen LogP contribution in [0.25, 0.3) is 21.6 Å². The minimum atomic E-state index is -0.354. The first-order chi connectivity index (χ1) is 10.6. The molecule has 3 aromatic rings. The third kappa shape index (κ3) is 2.45. The highest BCUT2D eigenvalue weighted by molar-refractivity contribution is 7.09. The number of nitrogens with one attached hydrogen (secondary N) is 1. The van der Waals surface area contributed by atoms with Gasteiger partial charge in [-0.2, -0.15) is 9.64 Å². The number of hydrogen-bond acceptors (Lipinski definition) is 4. The second kappa shape index (κ2) is 5.58. The van der Waals surface area contributed by atoms with Crippen LogP contribution in [0.3, 0.4) is 0 Å². The Morgan fingerprint density at radius 1 is 1.14 bits per heavy atom. The van der Waals surface area contributed by atoms with E-state index < -0.39 is 0 Å². The van der Waals surface area contributed by atoms with E-state index >= 15 is 0 Å². The molecule has 0 bridgehead atoms. The van der Waals surface area contributed by atoms with Crippen LogP contribution in [0.5, 0.6) is 0 Å². The van der Waals surface area contributed by atoms with Gasteiger partial charge in [0.2, 0.25) is 0 Å². The van der Waals surface area contributed by atoms with E-state index in [-0.39, 0.29) is 11.1 Å². The fraction of sp³-hybridized carbons (Fsp3) is 0.118. The van der Waals surface area contributed by atoms with Gasteiger partial charge in [-0.1, -0.05) is 24.3 Å². The zero-order valence-corrected chi connectivity index (χ0v) is 13.0. The van der Waals surface area contributed by atoms with Crippen LogP contribution in [-0.2, 0) is 0 Å². The van der Waals surface area contributed by atoms with Crippen molar-refractivity contribution in [1.82, 2.24) is 9.36 Å². The van der Waals surface area contributed by atoms with Gasteiger partial charge in [0.15, 0.2) is 0 Å². The molecule has 0 saturated heterocycles. The molecule has 0 aliphatic heterocycles. The van der Waals surface area contributed by atoms with E-state index in [4.69, 9.17) is 0 Å². The number of pyridine rings is 1. The minimum Gasteiger partial charge on any atom is -0.325 e. The summed E-state index contributed by atoms with van der Waals surface area (Å²) in [5.41, 5.74) is 3.98. The SMILES string of the molecule is Cc1cc(-c2ccccc2-c2cc(C)[nH]c(=O)c2C#N)sn1. The first-order valence-electron chi connectivity index (χ1n) is 6.77. The minimum absolute atomic E-state index is 0.138. The van der Waals surface area contributed by atoms with Gasteiger partial charge in [0.1, 0.15) is 11.6 Å². The Kier molecular flexibility index (Phi) is 3.61. The van der Waals surface area contributed by atoms with Crippen molar-refractivity contribution in [2.75, 3.05) is 0 Å². The molecule has 1 aromatic carbocycles. The van der Waals surface area contributed by atoms with Gasteiger partial charge in [-0.05, 0) is 43.1 Å². The Labute approximate surface area is 131 Å². The smallest absolute Gasteiger partial charge is 0.266 e. The summed E-state index contributed by atoms with van der Waals surface area (Å²) in [6, 6.07) is 13.6. The molecule has 5 heteroatoms. The first kappa shape index (κ1) is 14.2. The Bertz CT molecular complexity index is 947. The molecular formula is C17H13N3OS. The van der Waals surface area contributed by atoms with Crippen LogP contribution in [0, 0.1) is 25.2 Å². The molecule has 0 unspecified atom stereocenters. The standard InChI is InChI=1S/C17H13N3OS/c1-10-7-14(15(9-18)17(21)19-10)12-5-3-4-6-13(12)16-8-11(2)20-22-16/h3-8H,1-2H3,(H,19,21). The number of nitriles is 1. The third-order valence-electron chi connectivity index (χ3n) is 3.39. The summed E-state index contributed by atoms with van der Waals surface area (Å²) >= 11 is 1.41. The predicted octanol–water partition coefficient (Wildman–Crippen LogP) is 3.65. The maximum Gasteiger partial charge on any atom is 0.266 e. The number of hydrogen-bond donors (Lipinski definition) is 1. The number of aromatic amines is 1. The lowest BCUT2D eigenvalue weighted by molar-refractivity contribution is 1.13. The van der Waals surface area contributed by atoms with Crippen molar-refractivity contribution in [3.05, 3.63) is 63.7 Å². The lowest BCUT2D eigenvalue weighted by Gasteiger charge is -2.10. The molecule has 3 rings (SSSR count). The van der Waals surface area contributed by atoms with E-state index in [1.165, 1.54) is 11.5 Å². The van der Waals surface area contributed by atoms with Crippen LogP contribution in [0.1, 0.15) is 17.0 Å². The Hall–Kier alpha value is -2.71. The zero-order valence-electron chi connectivity index (χ0n) is 12.2. The molecular weight excluding hydrogens is 294 g/mol. The molecule has 1 N–H and O–H groups in total. The van der Waals surface area contributed by atoms with Crippen molar-refractivity contribution in [3.8, 4) is 27.6 Å². The molecule has 0 amide bonds. The fourth-order valence-electron chi connectivity index (χ4n) is 2.44. The van der Waals surface area contributed by atoms with E-state index in [0.717, 1.165) is 27.4 Å². The Morgan fingerprint density at radius 2 is 1.86 bits per heavy atom. The molecule has 0 aliphatic rings. The van der Waals surface area contributed by atoms with E-state index in [0.29, 0.717) is 5.56 Å². The van der Waals surface area contributed by atoms with Gasteiger partial charge in [-0.25, -0.2) is 0 Å². The van der Waals surface area contributed by atoms with Crippen LogP contribution in [0.2, 0.25) is 0 Å². The number of benzene rings is 1. The van der Waals surface area contributed by atoms with Gasteiger partial charge < -0.3 is 4.98 Å². The zero-order chi connectivity index (χ0) is 15.7. The monoisotopic (exact) mass is 307 g/mol. The van der Waals surface area contributed by atoms with Crippen LogP contribution < -0.4 is 5.56 Å². The number of aryl methyl sites for hydroxylation is 2. The molecule has 0 saturated carbocycles. The molecule has 108 valence electrons. The van der Waals surface area contributed by atoms with Gasteiger partial charge >= 0.3 is 0 Å². The highest BCUT2D eigenvalue weighted by Gasteiger charge is 2.15. The molecule has 0 fully saturated rings. The highest BCUT2D eigenvalue weighted by atomic mass is 32.1. The van der Waals surface area contributed by atoms with Crippen molar-refractivity contribution >= 4 is 11.5 Å². The van der Waals surface area contributed by atoms with Crippen molar-refractivity contribution in [3.63, 3.8) is 0 Å². The molecule has 2 heterocycles. The van der Waals surface area contributed by atoms with Crippen molar-refractivity contribution in [2.45, 2.75) is 13.8 Å². The number of nitrogens with zero attached hydrogens (tertiary/aromatic N) is 2. The summed E-state index contributed by atoms with van der Waals surface area (Å²) in [5, 5.41) is 9.34. The van der Waals surface area contributed by atoms with Crippen LogP contribution in [0.15, 0.2) is 41.2 Å². The van der Waals surface area contributed by atoms with Gasteiger partial charge in [0, 0.05) is 16.8 Å². The average molecular weight is 307 g/mol. The second-order valence-corrected chi connectivity index (χ2v) is 5.87. The van der Waals surface area contributed by atoms with E-state index in [2.05, 4.69) is 9.36 Å². The van der Waals surface area contributed by atoms with E-state index in [9.17, 15) is 10.1 Å². The van der Waals surface area contributed by atoms with Crippen molar-refractivity contribution < 1.29 is 0 Å². The van der Waals surface area contributed by atoms with Gasteiger partial charge in [-0.15, -0.1) is 0 Å². The molecule has 2 aromatic heterocycles. The van der Waals surface area contributed by atoms with Crippen LogP contribution in [-0.4, -0.2) is 9.36 Å². The first-order valence-corrected chi connectivity index (χ1v) is 7.54. The number of rotatable bonds is 2. The van der Waals surface area contributed by atoms with Crippen LogP contribution >= 0.6 is 11.5 Å². The lowest BCUT2D eigenvalue weighted by Crippen LogP contribution is -2.12. The molecule has 0 radical (unpaired) electrons. The summed E-state index contributed by atoms with van der Waals surface area (Å²) in [4.78, 5) is 15.7. The van der Waals surface area contributed by atoms with Gasteiger partial charge in [-0.3, -0.25) is 4.79 Å². The summed E-state index contributed by atoms with van der Waals surface area (Å²) in [6.45, 7) is 3.76. The maximum atomic E-state index is 12.0. The third-order valence-corrected chi connectivity index (χ3v) is 4.30. The number of H-pyrrole nitrogens is 1. The van der Waals surface area contributed by atoms with E-state index in [1.54, 1.807) is 0 Å². The molecule has 22 heavy (non-hydrogen) atoms. The number of aromatic nitrogens is 2. The second-order valence-electron chi connectivity index (χ2n) is 5.06. The summed E-state index contributed by atoms with van der Waals surface area (Å²) < 4.78 is 4.31. The molecule has 0 spiro atoms. The van der Waals surface area contributed by atoms with Gasteiger partial charge in [0.05, 0.1) is 10.6 Å². The molecule has 4 nitrogen and oxygen atoms in total. The Balaban J connectivity index is 2.31. The molecule has 0 atom stereocenters.